The Morgan fingerprint density at radius 1 is 0.825 bits per heavy atom. The number of hydrogen-bond acceptors (Lipinski definition) is 3. The highest BCUT2D eigenvalue weighted by molar-refractivity contribution is 6.34. The standard InChI is InChI=1S/C34H27Cl2NO3/c35-27-19-24(20-28(36)22-27)21-31(26-14-12-25(13-15-26)29-9-4-5-10-30(29)33(39)40)34(17-6-18-37-34)32(38)16-11-23-7-2-1-3-8-23/h1-10,12-15,17-20,22,31H,11,16,21H2,(H,39,40). The van der Waals surface area contributed by atoms with Crippen LogP contribution >= 0.6 is 23.2 Å². The number of hydrogen-bond donors (Lipinski definition) is 1. The number of aliphatic imine (C=N–C) groups is 1. The van der Waals surface area contributed by atoms with E-state index in [1.807, 2.05) is 84.9 Å². The Morgan fingerprint density at radius 3 is 2.15 bits per heavy atom. The molecule has 4 aromatic rings. The van der Waals surface area contributed by atoms with E-state index < -0.39 is 11.5 Å². The van der Waals surface area contributed by atoms with Crippen molar-refractivity contribution in [1.82, 2.24) is 0 Å². The van der Waals surface area contributed by atoms with Gasteiger partial charge >= 0.3 is 5.97 Å². The number of Topliss-reactive ketones (excluding diaryl/α,β-unsaturated/α-hetero) is 1. The van der Waals surface area contributed by atoms with E-state index in [1.165, 1.54) is 0 Å². The largest absolute Gasteiger partial charge is 0.478 e. The molecule has 0 amide bonds. The van der Waals surface area contributed by atoms with Crippen molar-refractivity contribution < 1.29 is 14.7 Å². The highest BCUT2D eigenvalue weighted by Gasteiger charge is 2.44. The number of ketones is 1. The van der Waals surface area contributed by atoms with Gasteiger partial charge in [-0.25, -0.2) is 4.79 Å². The second-order valence-corrected chi connectivity index (χ2v) is 10.8. The molecule has 0 fully saturated rings. The molecule has 5 rings (SSSR count). The number of carbonyl (C=O) groups is 2. The Bertz CT molecular complexity index is 1560. The third kappa shape index (κ3) is 5.94. The van der Waals surface area contributed by atoms with Gasteiger partial charge in [-0.1, -0.05) is 96.0 Å². The zero-order valence-corrected chi connectivity index (χ0v) is 23.1. The molecule has 40 heavy (non-hydrogen) atoms. The van der Waals surface area contributed by atoms with Gasteiger partial charge in [-0.2, -0.15) is 0 Å². The van der Waals surface area contributed by atoms with Gasteiger partial charge < -0.3 is 5.11 Å². The fourth-order valence-electron chi connectivity index (χ4n) is 5.38. The average Bonchev–Trinajstić information content (AvgIpc) is 3.46. The van der Waals surface area contributed by atoms with Gasteiger partial charge in [0.25, 0.3) is 0 Å². The van der Waals surface area contributed by atoms with E-state index in [4.69, 9.17) is 28.2 Å². The first-order valence-corrected chi connectivity index (χ1v) is 13.8. The molecule has 1 aliphatic rings. The maximum atomic E-state index is 14.0. The molecule has 0 bridgehead atoms. The molecule has 2 atom stereocenters. The maximum absolute atomic E-state index is 14.0. The van der Waals surface area contributed by atoms with Crippen LogP contribution in [0, 0.1) is 0 Å². The van der Waals surface area contributed by atoms with Crippen LogP contribution in [-0.4, -0.2) is 28.6 Å². The van der Waals surface area contributed by atoms with Crippen LogP contribution in [0.4, 0.5) is 0 Å². The van der Waals surface area contributed by atoms with Crippen molar-refractivity contribution in [1.29, 1.82) is 0 Å². The second kappa shape index (κ2) is 12.0. The molecule has 1 aliphatic heterocycles. The van der Waals surface area contributed by atoms with Gasteiger partial charge in [-0.3, -0.25) is 9.79 Å². The lowest BCUT2D eigenvalue weighted by molar-refractivity contribution is -0.123. The molecule has 0 aromatic heterocycles. The number of carboxylic acids is 1. The highest BCUT2D eigenvalue weighted by atomic mass is 35.5. The van der Waals surface area contributed by atoms with E-state index in [0.717, 1.165) is 22.3 Å². The van der Waals surface area contributed by atoms with Crippen molar-refractivity contribution in [3.05, 3.63) is 142 Å². The lowest BCUT2D eigenvalue weighted by atomic mass is 9.72. The number of aryl methyl sites for hydroxylation is 1. The molecule has 4 aromatic carbocycles. The molecular weight excluding hydrogens is 541 g/mol. The van der Waals surface area contributed by atoms with E-state index in [9.17, 15) is 14.7 Å². The quantitative estimate of drug-likeness (QED) is 0.209. The number of carboxylic acid groups (broad SMARTS) is 1. The Hall–Kier alpha value is -3.99. The smallest absolute Gasteiger partial charge is 0.336 e. The zero-order valence-electron chi connectivity index (χ0n) is 21.6. The number of aromatic carboxylic acids is 1. The first-order chi connectivity index (χ1) is 19.4. The molecule has 6 heteroatoms. The summed E-state index contributed by atoms with van der Waals surface area (Å²) in [6.45, 7) is 0. The topological polar surface area (TPSA) is 66.7 Å². The normalized spacial score (nSPS) is 16.6. The Kier molecular flexibility index (Phi) is 8.29. The highest BCUT2D eigenvalue weighted by Crippen LogP contribution is 2.41. The molecule has 2 unspecified atom stereocenters. The van der Waals surface area contributed by atoms with E-state index in [0.29, 0.717) is 34.9 Å². The van der Waals surface area contributed by atoms with Crippen LogP contribution < -0.4 is 0 Å². The summed E-state index contributed by atoms with van der Waals surface area (Å²) in [5.74, 6) is -1.30. The van der Waals surface area contributed by atoms with Crippen molar-refractivity contribution in [3.63, 3.8) is 0 Å². The van der Waals surface area contributed by atoms with Gasteiger partial charge in [0, 0.05) is 28.6 Å². The number of allylic oxidation sites excluding steroid dienone is 1. The fourth-order valence-corrected chi connectivity index (χ4v) is 5.95. The number of nitrogens with zero attached hydrogens (tertiary/aromatic N) is 1. The van der Waals surface area contributed by atoms with E-state index in [2.05, 4.69) is 0 Å². The van der Waals surface area contributed by atoms with Crippen LogP contribution in [-0.2, 0) is 17.6 Å². The number of rotatable bonds is 10. The maximum Gasteiger partial charge on any atom is 0.336 e. The Morgan fingerprint density at radius 2 is 1.50 bits per heavy atom. The molecule has 200 valence electrons. The summed E-state index contributed by atoms with van der Waals surface area (Å²) in [6.07, 6.45) is 6.84. The minimum Gasteiger partial charge on any atom is -0.478 e. The molecule has 0 spiro atoms. The fraction of sp³-hybridized carbons (Fsp3) is 0.147. The molecular formula is C34H27Cl2NO3. The van der Waals surface area contributed by atoms with Gasteiger partial charge in [0.15, 0.2) is 5.78 Å². The van der Waals surface area contributed by atoms with Crippen molar-refractivity contribution in [3.8, 4) is 11.1 Å². The van der Waals surface area contributed by atoms with Crippen LogP contribution in [0.1, 0.15) is 39.4 Å². The first kappa shape index (κ1) is 27.6. The van der Waals surface area contributed by atoms with Crippen molar-refractivity contribution in [2.45, 2.75) is 30.7 Å². The third-order valence-electron chi connectivity index (χ3n) is 7.33. The van der Waals surface area contributed by atoms with E-state index in [-0.39, 0.29) is 17.3 Å². The summed E-state index contributed by atoms with van der Waals surface area (Å²) in [5, 5.41) is 10.7. The van der Waals surface area contributed by atoms with Crippen LogP contribution in [0.15, 0.2) is 114 Å². The summed E-state index contributed by atoms with van der Waals surface area (Å²) in [6, 6.07) is 30.0. The predicted molar refractivity (Wildman–Crippen MR) is 162 cm³/mol. The Balaban J connectivity index is 1.54. The molecule has 0 saturated heterocycles. The number of benzene rings is 4. The molecule has 1 heterocycles. The van der Waals surface area contributed by atoms with Gasteiger partial charge in [0.1, 0.15) is 5.54 Å². The molecule has 1 N–H and O–H groups in total. The minimum atomic E-state index is -1.09. The SMILES string of the molecule is O=C(O)c1ccccc1-c1ccc(C(Cc2cc(Cl)cc(Cl)c2)C2(C(=O)CCc3ccccc3)C=CC=N2)cc1. The van der Waals surface area contributed by atoms with E-state index >= 15 is 0 Å². The monoisotopic (exact) mass is 567 g/mol. The summed E-state index contributed by atoms with van der Waals surface area (Å²) >= 11 is 12.7. The van der Waals surface area contributed by atoms with Crippen LogP contribution in [0.3, 0.4) is 0 Å². The van der Waals surface area contributed by atoms with Crippen molar-refractivity contribution >= 4 is 41.2 Å². The lowest BCUT2D eigenvalue weighted by Crippen LogP contribution is -2.41. The summed E-state index contributed by atoms with van der Waals surface area (Å²) in [7, 11) is 0. The van der Waals surface area contributed by atoms with Gasteiger partial charge in [0.05, 0.1) is 5.56 Å². The third-order valence-corrected chi connectivity index (χ3v) is 7.77. The molecule has 0 saturated carbocycles. The summed E-state index contributed by atoms with van der Waals surface area (Å²) in [5.41, 5.74) is 3.45. The minimum absolute atomic E-state index is 0.0276. The Labute approximate surface area is 243 Å². The molecule has 4 nitrogen and oxygen atoms in total. The van der Waals surface area contributed by atoms with E-state index in [1.54, 1.807) is 30.5 Å². The average molecular weight is 569 g/mol. The van der Waals surface area contributed by atoms with Gasteiger partial charge in [-0.15, -0.1) is 0 Å². The van der Waals surface area contributed by atoms with Crippen molar-refractivity contribution in [2.75, 3.05) is 0 Å². The van der Waals surface area contributed by atoms with Gasteiger partial charge in [0.2, 0.25) is 0 Å². The lowest BCUT2D eigenvalue weighted by Gasteiger charge is -2.33. The number of carbonyl (C=O) groups excluding carboxylic acids is 1. The van der Waals surface area contributed by atoms with Crippen LogP contribution in [0.5, 0.6) is 0 Å². The van der Waals surface area contributed by atoms with Crippen LogP contribution in [0.2, 0.25) is 10.0 Å². The van der Waals surface area contributed by atoms with Crippen molar-refractivity contribution in [2.24, 2.45) is 4.99 Å². The molecule has 0 aliphatic carbocycles. The number of halogens is 2. The zero-order chi connectivity index (χ0) is 28.1. The predicted octanol–water partition coefficient (Wildman–Crippen LogP) is 8.27. The summed E-state index contributed by atoms with van der Waals surface area (Å²) < 4.78 is 0. The summed E-state index contributed by atoms with van der Waals surface area (Å²) in [4.78, 5) is 30.6. The first-order valence-electron chi connectivity index (χ1n) is 13.0. The van der Waals surface area contributed by atoms with Gasteiger partial charge in [-0.05, 0) is 77.1 Å². The second-order valence-electron chi connectivity index (χ2n) is 9.88. The molecule has 0 radical (unpaired) electrons. The van der Waals surface area contributed by atoms with Crippen LogP contribution in [0.25, 0.3) is 11.1 Å².